The molecule has 1 atom stereocenters. The first-order valence-electron chi connectivity index (χ1n) is 5.57. The van der Waals surface area contributed by atoms with Crippen molar-refractivity contribution in [2.24, 2.45) is 5.92 Å². The lowest BCUT2D eigenvalue weighted by molar-refractivity contribution is -0.141. The maximum Gasteiger partial charge on any atom is 0.306 e. The van der Waals surface area contributed by atoms with Crippen LogP contribution in [-0.2, 0) is 17.6 Å². The fourth-order valence-electron chi connectivity index (χ4n) is 1.85. The Hall–Kier alpha value is -1.58. The van der Waals surface area contributed by atoms with E-state index in [1.807, 2.05) is 6.92 Å². The van der Waals surface area contributed by atoms with Gasteiger partial charge in [0.2, 0.25) is 0 Å². The maximum atomic E-state index is 13.4. The summed E-state index contributed by atoms with van der Waals surface area (Å²) in [6, 6.07) is 2.72. The molecular formula is C13H17FO3. The van der Waals surface area contributed by atoms with Crippen molar-refractivity contribution in [1.82, 2.24) is 0 Å². The molecule has 0 bridgehead atoms. The lowest BCUT2D eigenvalue weighted by atomic mass is 9.95. The number of halogens is 1. The Morgan fingerprint density at radius 3 is 2.65 bits per heavy atom. The summed E-state index contributed by atoms with van der Waals surface area (Å²) in [4.78, 5) is 10.8. The quantitative estimate of drug-likeness (QED) is 0.860. The summed E-state index contributed by atoms with van der Waals surface area (Å²) in [7, 11) is 1.48. The molecule has 0 spiro atoms. The fraction of sp³-hybridized carbons (Fsp3) is 0.462. The molecule has 0 fully saturated rings. The Kier molecular flexibility index (Phi) is 4.49. The van der Waals surface area contributed by atoms with Gasteiger partial charge in [-0.05, 0) is 30.0 Å². The molecule has 0 saturated heterocycles. The lowest BCUT2D eigenvalue weighted by Gasteiger charge is -2.14. The number of benzene rings is 1. The molecule has 0 saturated carbocycles. The van der Waals surface area contributed by atoms with Gasteiger partial charge in [0, 0.05) is 6.07 Å². The van der Waals surface area contributed by atoms with Crippen LogP contribution < -0.4 is 4.74 Å². The number of carboxylic acids is 1. The van der Waals surface area contributed by atoms with E-state index in [0.29, 0.717) is 24.2 Å². The van der Waals surface area contributed by atoms with Gasteiger partial charge in [0.1, 0.15) is 11.6 Å². The molecule has 0 aliphatic rings. The van der Waals surface area contributed by atoms with Gasteiger partial charge in [0.05, 0.1) is 13.0 Å². The van der Waals surface area contributed by atoms with E-state index in [1.165, 1.54) is 19.2 Å². The Morgan fingerprint density at radius 1 is 1.53 bits per heavy atom. The third-order valence-corrected chi connectivity index (χ3v) is 2.79. The second-order valence-corrected chi connectivity index (χ2v) is 4.04. The normalized spacial score (nSPS) is 12.2. The fourth-order valence-corrected chi connectivity index (χ4v) is 1.85. The predicted molar refractivity (Wildman–Crippen MR) is 62.8 cm³/mol. The SMILES string of the molecule is CCc1c(CC(C)C(=O)O)cc(F)cc1OC. The standard InChI is InChI=1S/C13H17FO3/c1-4-11-9(5-8(2)13(15)16)6-10(14)7-12(11)17-3/h6-8H,4-5H2,1-3H3,(H,15,16). The minimum atomic E-state index is -0.879. The second-order valence-electron chi connectivity index (χ2n) is 4.04. The van der Waals surface area contributed by atoms with Crippen LogP contribution in [0, 0.1) is 11.7 Å². The van der Waals surface area contributed by atoms with Gasteiger partial charge in [0.25, 0.3) is 0 Å². The van der Waals surface area contributed by atoms with Gasteiger partial charge in [-0.15, -0.1) is 0 Å². The van der Waals surface area contributed by atoms with Crippen LogP contribution in [0.3, 0.4) is 0 Å². The van der Waals surface area contributed by atoms with Crippen molar-refractivity contribution in [2.75, 3.05) is 7.11 Å². The van der Waals surface area contributed by atoms with E-state index in [-0.39, 0.29) is 0 Å². The van der Waals surface area contributed by atoms with Crippen LogP contribution in [-0.4, -0.2) is 18.2 Å². The van der Waals surface area contributed by atoms with Crippen LogP contribution in [0.4, 0.5) is 4.39 Å². The summed E-state index contributed by atoms with van der Waals surface area (Å²) in [6.07, 6.45) is 0.998. The third-order valence-electron chi connectivity index (χ3n) is 2.79. The van der Waals surface area contributed by atoms with Gasteiger partial charge >= 0.3 is 5.97 Å². The van der Waals surface area contributed by atoms with Crippen molar-refractivity contribution in [3.63, 3.8) is 0 Å². The highest BCUT2D eigenvalue weighted by Crippen LogP contribution is 2.26. The second kappa shape index (κ2) is 5.66. The van der Waals surface area contributed by atoms with E-state index < -0.39 is 17.7 Å². The molecule has 1 aromatic carbocycles. The van der Waals surface area contributed by atoms with Crippen LogP contribution in [0.15, 0.2) is 12.1 Å². The van der Waals surface area contributed by atoms with Gasteiger partial charge < -0.3 is 9.84 Å². The number of carbonyl (C=O) groups is 1. The van der Waals surface area contributed by atoms with Crippen LogP contribution in [0.1, 0.15) is 25.0 Å². The van der Waals surface area contributed by atoms with E-state index >= 15 is 0 Å². The number of ether oxygens (including phenoxy) is 1. The van der Waals surface area contributed by atoms with Gasteiger partial charge in [-0.25, -0.2) is 4.39 Å². The topological polar surface area (TPSA) is 46.5 Å². The zero-order valence-electron chi connectivity index (χ0n) is 10.3. The molecule has 94 valence electrons. The van der Waals surface area contributed by atoms with Crippen LogP contribution in [0.5, 0.6) is 5.75 Å². The Morgan fingerprint density at radius 2 is 2.18 bits per heavy atom. The van der Waals surface area contributed by atoms with Crippen molar-refractivity contribution in [3.8, 4) is 5.75 Å². The first-order chi connectivity index (χ1) is 7.99. The Bertz CT molecular complexity index is 415. The molecule has 3 nitrogen and oxygen atoms in total. The van der Waals surface area contributed by atoms with Gasteiger partial charge in [0.15, 0.2) is 0 Å². The molecule has 1 unspecified atom stereocenters. The highest BCUT2D eigenvalue weighted by molar-refractivity contribution is 5.70. The molecule has 0 radical (unpaired) electrons. The number of hydrogen-bond acceptors (Lipinski definition) is 2. The first-order valence-corrected chi connectivity index (χ1v) is 5.57. The summed E-state index contributed by atoms with van der Waals surface area (Å²) in [5.41, 5.74) is 1.58. The van der Waals surface area contributed by atoms with Crippen LogP contribution in [0.2, 0.25) is 0 Å². The molecule has 1 rings (SSSR count). The van der Waals surface area contributed by atoms with Crippen LogP contribution >= 0.6 is 0 Å². The molecule has 1 N–H and O–H groups in total. The average molecular weight is 240 g/mol. The van der Waals surface area contributed by atoms with E-state index in [1.54, 1.807) is 6.92 Å². The maximum absolute atomic E-state index is 13.4. The van der Waals surface area contributed by atoms with Crippen molar-refractivity contribution in [1.29, 1.82) is 0 Å². The van der Waals surface area contributed by atoms with Crippen LogP contribution in [0.25, 0.3) is 0 Å². The molecule has 0 aromatic heterocycles. The zero-order valence-corrected chi connectivity index (χ0v) is 10.3. The number of hydrogen-bond donors (Lipinski definition) is 1. The third kappa shape index (κ3) is 3.19. The molecule has 0 aliphatic carbocycles. The van der Waals surface area contributed by atoms with Crippen molar-refractivity contribution in [2.45, 2.75) is 26.7 Å². The highest BCUT2D eigenvalue weighted by Gasteiger charge is 2.17. The van der Waals surface area contributed by atoms with Crippen molar-refractivity contribution >= 4 is 5.97 Å². The zero-order chi connectivity index (χ0) is 13.0. The number of rotatable bonds is 5. The van der Waals surface area contributed by atoms with Gasteiger partial charge in [-0.3, -0.25) is 4.79 Å². The van der Waals surface area contributed by atoms with E-state index in [9.17, 15) is 9.18 Å². The summed E-state index contributed by atoms with van der Waals surface area (Å²) in [5.74, 6) is -1.33. The Labute approximate surface area is 100 Å². The minimum Gasteiger partial charge on any atom is -0.496 e. The van der Waals surface area contributed by atoms with E-state index in [2.05, 4.69) is 0 Å². The smallest absolute Gasteiger partial charge is 0.306 e. The molecule has 0 aliphatic heterocycles. The summed E-state index contributed by atoms with van der Waals surface area (Å²) in [6.45, 7) is 3.55. The summed E-state index contributed by atoms with van der Waals surface area (Å²) < 4.78 is 18.5. The molecule has 0 heterocycles. The number of aliphatic carboxylic acids is 1. The predicted octanol–water partition coefficient (Wildman–Crippen LogP) is 2.66. The highest BCUT2D eigenvalue weighted by atomic mass is 19.1. The van der Waals surface area contributed by atoms with E-state index in [4.69, 9.17) is 9.84 Å². The van der Waals surface area contributed by atoms with Gasteiger partial charge in [-0.2, -0.15) is 0 Å². The monoisotopic (exact) mass is 240 g/mol. The summed E-state index contributed by atoms with van der Waals surface area (Å²) in [5, 5.41) is 8.88. The molecule has 0 amide bonds. The Balaban J connectivity index is 3.12. The van der Waals surface area contributed by atoms with Gasteiger partial charge in [-0.1, -0.05) is 13.8 Å². The molecule has 1 aromatic rings. The largest absolute Gasteiger partial charge is 0.496 e. The lowest BCUT2D eigenvalue weighted by Crippen LogP contribution is -2.14. The van der Waals surface area contributed by atoms with E-state index in [0.717, 1.165) is 5.56 Å². The number of carboxylic acid groups (broad SMARTS) is 1. The molecule has 17 heavy (non-hydrogen) atoms. The first kappa shape index (κ1) is 13.5. The van der Waals surface area contributed by atoms with Crippen molar-refractivity contribution in [3.05, 3.63) is 29.1 Å². The van der Waals surface area contributed by atoms with Crippen molar-refractivity contribution < 1.29 is 19.0 Å². The molecule has 4 heteroatoms. The summed E-state index contributed by atoms with van der Waals surface area (Å²) >= 11 is 0. The average Bonchev–Trinajstić information content (AvgIpc) is 2.27. The molecular weight excluding hydrogens is 223 g/mol. The minimum absolute atomic E-state index is 0.312. The number of methoxy groups -OCH3 is 1.